The second kappa shape index (κ2) is 6.07. The Labute approximate surface area is 125 Å². The number of benzene rings is 1. The Morgan fingerprint density at radius 1 is 1.20 bits per heavy atom. The van der Waals surface area contributed by atoms with Crippen molar-refractivity contribution in [3.05, 3.63) is 54.5 Å². The molecule has 0 unspecified atom stereocenters. The van der Waals surface area contributed by atoms with Crippen molar-refractivity contribution in [2.24, 2.45) is 0 Å². The molecule has 0 saturated heterocycles. The Balaban J connectivity index is 2.03. The Morgan fingerprint density at radius 2 is 2.05 bits per heavy atom. The third kappa shape index (κ3) is 2.55. The van der Waals surface area contributed by atoms with Gasteiger partial charge < -0.3 is 0 Å². The van der Waals surface area contributed by atoms with Gasteiger partial charge in [0.1, 0.15) is 11.4 Å². The molecule has 3 rings (SSSR count). The monoisotopic (exact) mass is 302 g/mol. The zero-order valence-electron chi connectivity index (χ0n) is 10.5. The van der Waals surface area contributed by atoms with Crippen LogP contribution in [-0.4, -0.2) is 25.5 Å². The standard InChI is InChI=1S/C14H11ClN4S/c15-7-4-8-20-14-12-9-18-19(13(12)16-10-17-14)11-5-2-1-3-6-11/h1-7,9-10H,8H2/b7-4+. The topological polar surface area (TPSA) is 43.6 Å². The fourth-order valence-corrected chi connectivity index (χ4v) is 2.83. The number of nitrogens with zero attached hydrogens (tertiary/aromatic N) is 4. The van der Waals surface area contributed by atoms with Gasteiger partial charge in [0.25, 0.3) is 0 Å². The fraction of sp³-hybridized carbons (Fsp3) is 0.0714. The molecule has 1 aromatic carbocycles. The van der Waals surface area contributed by atoms with Crippen LogP contribution in [0.4, 0.5) is 0 Å². The maximum Gasteiger partial charge on any atom is 0.167 e. The van der Waals surface area contributed by atoms with E-state index in [1.165, 1.54) is 5.54 Å². The summed E-state index contributed by atoms with van der Waals surface area (Å²) in [5, 5.41) is 6.27. The highest BCUT2D eigenvalue weighted by atomic mass is 35.5. The third-order valence-electron chi connectivity index (χ3n) is 2.74. The zero-order chi connectivity index (χ0) is 13.8. The van der Waals surface area contributed by atoms with Crippen molar-refractivity contribution >= 4 is 34.4 Å². The normalized spacial score (nSPS) is 11.4. The molecule has 4 nitrogen and oxygen atoms in total. The second-order valence-electron chi connectivity index (χ2n) is 3.98. The molecule has 0 bridgehead atoms. The van der Waals surface area contributed by atoms with Crippen molar-refractivity contribution in [1.29, 1.82) is 0 Å². The minimum atomic E-state index is 0.770. The SMILES string of the molecule is Cl/C=C/CSc1ncnc2c1cnn2-c1ccccc1. The van der Waals surface area contributed by atoms with Gasteiger partial charge in [-0.05, 0) is 12.1 Å². The average Bonchev–Trinajstić information content (AvgIpc) is 2.93. The highest BCUT2D eigenvalue weighted by molar-refractivity contribution is 7.99. The van der Waals surface area contributed by atoms with Gasteiger partial charge >= 0.3 is 0 Å². The average molecular weight is 303 g/mol. The van der Waals surface area contributed by atoms with Crippen molar-refractivity contribution < 1.29 is 0 Å². The van der Waals surface area contributed by atoms with Gasteiger partial charge in [0.15, 0.2) is 5.65 Å². The number of hydrogen-bond acceptors (Lipinski definition) is 4. The lowest BCUT2D eigenvalue weighted by molar-refractivity contribution is 0.893. The lowest BCUT2D eigenvalue weighted by Crippen LogP contribution is -1.97. The van der Waals surface area contributed by atoms with Crippen LogP contribution in [0.3, 0.4) is 0 Å². The molecule has 0 aliphatic carbocycles. The first kappa shape index (κ1) is 13.1. The highest BCUT2D eigenvalue weighted by Crippen LogP contribution is 2.25. The van der Waals surface area contributed by atoms with Gasteiger partial charge in [-0.1, -0.05) is 35.9 Å². The van der Waals surface area contributed by atoms with Crippen LogP contribution in [0.1, 0.15) is 0 Å². The van der Waals surface area contributed by atoms with Crippen molar-refractivity contribution in [2.45, 2.75) is 5.03 Å². The predicted molar refractivity (Wildman–Crippen MR) is 82.4 cm³/mol. The van der Waals surface area contributed by atoms with Crippen molar-refractivity contribution in [3.8, 4) is 5.69 Å². The zero-order valence-corrected chi connectivity index (χ0v) is 12.1. The summed E-state index contributed by atoms with van der Waals surface area (Å²) in [6, 6.07) is 9.93. The van der Waals surface area contributed by atoms with Crippen LogP contribution in [-0.2, 0) is 0 Å². The van der Waals surface area contributed by atoms with Crippen LogP contribution in [0, 0.1) is 0 Å². The first-order chi connectivity index (χ1) is 9.90. The number of thioether (sulfide) groups is 1. The van der Waals surface area contributed by atoms with E-state index in [0.29, 0.717) is 0 Å². The molecule has 2 heterocycles. The molecule has 0 N–H and O–H groups in total. The number of para-hydroxylation sites is 1. The molecule has 20 heavy (non-hydrogen) atoms. The number of halogens is 1. The molecule has 100 valence electrons. The quantitative estimate of drug-likeness (QED) is 0.545. The van der Waals surface area contributed by atoms with Crippen LogP contribution in [0.15, 0.2) is 59.5 Å². The Bertz CT molecular complexity index is 739. The lowest BCUT2D eigenvalue weighted by Gasteiger charge is -2.03. The van der Waals surface area contributed by atoms with Crippen molar-refractivity contribution in [1.82, 2.24) is 19.7 Å². The van der Waals surface area contributed by atoms with E-state index in [1.54, 1.807) is 24.3 Å². The van der Waals surface area contributed by atoms with Crippen LogP contribution < -0.4 is 0 Å². The molecule has 0 saturated carbocycles. The molecule has 3 aromatic rings. The minimum Gasteiger partial charge on any atom is -0.229 e. The Kier molecular flexibility index (Phi) is 3.99. The van der Waals surface area contributed by atoms with E-state index in [1.807, 2.05) is 41.1 Å². The van der Waals surface area contributed by atoms with E-state index in [9.17, 15) is 0 Å². The Morgan fingerprint density at radius 3 is 2.85 bits per heavy atom. The van der Waals surface area contributed by atoms with Crippen molar-refractivity contribution in [2.75, 3.05) is 5.75 Å². The largest absolute Gasteiger partial charge is 0.229 e. The summed E-state index contributed by atoms with van der Waals surface area (Å²) in [5.74, 6) is 0.770. The lowest BCUT2D eigenvalue weighted by atomic mass is 10.3. The summed E-state index contributed by atoms with van der Waals surface area (Å²) in [6.07, 6.45) is 5.24. The van der Waals surface area contributed by atoms with E-state index >= 15 is 0 Å². The maximum atomic E-state index is 5.53. The molecule has 0 spiro atoms. The van der Waals surface area contributed by atoms with E-state index < -0.39 is 0 Å². The number of rotatable bonds is 4. The molecule has 0 atom stereocenters. The summed E-state index contributed by atoms with van der Waals surface area (Å²) in [5.41, 5.74) is 3.31. The molecule has 2 aromatic heterocycles. The summed E-state index contributed by atoms with van der Waals surface area (Å²) < 4.78 is 1.82. The van der Waals surface area contributed by atoms with Gasteiger partial charge in [0, 0.05) is 11.3 Å². The smallest absolute Gasteiger partial charge is 0.167 e. The minimum absolute atomic E-state index is 0.770. The first-order valence-corrected chi connectivity index (χ1v) is 7.44. The summed E-state index contributed by atoms with van der Waals surface area (Å²) >= 11 is 7.13. The van der Waals surface area contributed by atoms with Gasteiger partial charge in [0.2, 0.25) is 0 Å². The second-order valence-corrected chi connectivity index (χ2v) is 5.24. The van der Waals surface area contributed by atoms with Crippen LogP contribution in [0.25, 0.3) is 16.7 Å². The molecule has 0 aliphatic rings. The number of hydrogen-bond donors (Lipinski definition) is 0. The predicted octanol–water partition coefficient (Wildman–Crippen LogP) is 3.66. The number of fused-ring (bicyclic) bond motifs is 1. The Hall–Kier alpha value is -1.85. The van der Waals surface area contributed by atoms with E-state index in [-0.39, 0.29) is 0 Å². The van der Waals surface area contributed by atoms with Crippen LogP contribution in [0.2, 0.25) is 0 Å². The molecular weight excluding hydrogens is 292 g/mol. The van der Waals surface area contributed by atoms with Crippen LogP contribution >= 0.6 is 23.4 Å². The van der Waals surface area contributed by atoms with Gasteiger partial charge in [0.05, 0.1) is 17.3 Å². The molecule has 0 radical (unpaired) electrons. The molecule has 0 amide bonds. The van der Waals surface area contributed by atoms with E-state index in [4.69, 9.17) is 11.6 Å². The van der Waals surface area contributed by atoms with Crippen molar-refractivity contribution in [3.63, 3.8) is 0 Å². The molecule has 0 fully saturated rings. The summed E-state index contributed by atoms with van der Waals surface area (Å²) in [4.78, 5) is 8.65. The van der Waals surface area contributed by atoms with Gasteiger partial charge in [-0.15, -0.1) is 11.8 Å². The van der Waals surface area contributed by atoms with Gasteiger partial charge in [-0.25, -0.2) is 14.6 Å². The van der Waals surface area contributed by atoms with Gasteiger partial charge in [-0.3, -0.25) is 0 Å². The van der Waals surface area contributed by atoms with E-state index in [0.717, 1.165) is 27.5 Å². The molecular formula is C14H11ClN4S. The molecule has 6 heteroatoms. The third-order valence-corrected chi connectivity index (χ3v) is 3.87. The fourth-order valence-electron chi connectivity index (χ4n) is 1.86. The van der Waals surface area contributed by atoms with E-state index in [2.05, 4.69) is 15.1 Å². The molecule has 0 aliphatic heterocycles. The summed E-state index contributed by atoms with van der Waals surface area (Å²) in [6.45, 7) is 0. The highest BCUT2D eigenvalue weighted by Gasteiger charge is 2.10. The maximum absolute atomic E-state index is 5.53. The summed E-state index contributed by atoms with van der Waals surface area (Å²) in [7, 11) is 0. The number of aromatic nitrogens is 4. The van der Waals surface area contributed by atoms with Crippen LogP contribution in [0.5, 0.6) is 0 Å². The van der Waals surface area contributed by atoms with Gasteiger partial charge in [-0.2, -0.15) is 5.10 Å². The first-order valence-electron chi connectivity index (χ1n) is 6.02.